The number of nitrogens with one attached hydrogen (secondary N) is 1. The number of carbonyl (C=O) groups is 2. The number of amides is 2. The summed E-state index contributed by atoms with van der Waals surface area (Å²) >= 11 is 1.33. The molecule has 43 heavy (non-hydrogen) atoms. The number of benzene rings is 3. The molecule has 1 saturated heterocycles. The molecule has 0 bridgehead atoms. The minimum absolute atomic E-state index is 0.0483. The highest BCUT2D eigenvalue weighted by Gasteiger charge is 2.40. The van der Waals surface area contributed by atoms with Gasteiger partial charge in [0.05, 0.1) is 22.4 Å². The second-order valence-electron chi connectivity index (χ2n) is 10.3. The van der Waals surface area contributed by atoms with E-state index in [9.17, 15) is 22.8 Å². The number of thioether (sulfide) groups is 1. The normalized spacial score (nSPS) is 20.8. The number of ether oxygens (including phenoxy) is 1. The van der Waals surface area contributed by atoms with Crippen molar-refractivity contribution in [1.82, 2.24) is 20.1 Å². The molecule has 1 aliphatic carbocycles. The third-order valence-electron chi connectivity index (χ3n) is 7.41. The van der Waals surface area contributed by atoms with Gasteiger partial charge >= 0.3 is 12.4 Å². The van der Waals surface area contributed by atoms with Crippen molar-refractivity contribution in [2.24, 2.45) is 4.99 Å². The first kappa shape index (κ1) is 28.7. The van der Waals surface area contributed by atoms with E-state index in [-0.39, 0.29) is 23.5 Å². The van der Waals surface area contributed by atoms with Gasteiger partial charge < -0.3 is 10.1 Å². The Hall–Kier alpha value is -4.45. The lowest BCUT2D eigenvalue weighted by Gasteiger charge is -2.14. The summed E-state index contributed by atoms with van der Waals surface area (Å²) in [6, 6.07) is 20.4. The number of Topliss-reactive ketones (excluding diaryl/α,β-unsaturated/α-hetero) is 1. The molecule has 2 aliphatic rings. The number of halogens is 3. The lowest BCUT2D eigenvalue weighted by atomic mass is 9.91. The quantitative estimate of drug-likeness (QED) is 0.260. The number of nitrogens with zero attached hydrogens (tertiary/aromatic N) is 4. The van der Waals surface area contributed by atoms with Gasteiger partial charge in [-0.15, -0.1) is 30.0 Å². The molecule has 1 aromatic heterocycles. The highest BCUT2D eigenvalue weighted by Crippen LogP contribution is 2.41. The third-order valence-corrected chi connectivity index (χ3v) is 8.46. The van der Waals surface area contributed by atoms with Gasteiger partial charge in [0.1, 0.15) is 12.1 Å². The number of aryl methyl sites for hydroxylation is 1. The predicted molar refractivity (Wildman–Crippen MR) is 157 cm³/mol. The average Bonchev–Trinajstić information content (AvgIpc) is 3.39. The number of hydrogen-bond acceptors (Lipinski definition) is 6. The minimum atomic E-state index is -4.75. The molecule has 1 N–H and O–H groups in total. The zero-order chi connectivity index (χ0) is 30.1. The number of alkyl halides is 3. The van der Waals surface area contributed by atoms with Crippen molar-refractivity contribution in [2.75, 3.05) is 5.75 Å². The topological polar surface area (TPSA) is 98.5 Å². The molecule has 6 rings (SSSR count). The van der Waals surface area contributed by atoms with Crippen molar-refractivity contribution in [3.63, 3.8) is 0 Å². The first-order valence-electron chi connectivity index (χ1n) is 13.7. The maximum Gasteiger partial charge on any atom is 0.573 e. The highest BCUT2D eigenvalue weighted by molar-refractivity contribution is 8.15. The minimum Gasteiger partial charge on any atom is -0.406 e. The van der Waals surface area contributed by atoms with E-state index in [2.05, 4.69) is 25.1 Å². The van der Waals surface area contributed by atoms with Crippen molar-refractivity contribution in [3.8, 4) is 22.8 Å². The molecule has 8 nitrogen and oxygen atoms in total. The van der Waals surface area contributed by atoms with Crippen LogP contribution in [-0.2, 0) is 11.2 Å². The number of urea groups is 1. The van der Waals surface area contributed by atoms with Gasteiger partial charge in [0.15, 0.2) is 11.6 Å². The number of ketones is 1. The molecule has 3 unspecified atom stereocenters. The third kappa shape index (κ3) is 6.48. The first-order valence-corrected chi connectivity index (χ1v) is 14.7. The maximum absolute atomic E-state index is 12.8. The Morgan fingerprint density at radius 2 is 1.84 bits per heavy atom. The van der Waals surface area contributed by atoms with Gasteiger partial charge in [-0.25, -0.2) is 14.5 Å². The zero-order valence-electron chi connectivity index (χ0n) is 22.9. The smallest absolute Gasteiger partial charge is 0.406 e. The zero-order valence-corrected chi connectivity index (χ0v) is 23.7. The fourth-order valence-electron chi connectivity index (χ4n) is 5.20. The second kappa shape index (κ2) is 11.7. The Labute approximate surface area is 249 Å². The molecule has 3 aromatic carbocycles. The Kier molecular flexibility index (Phi) is 7.78. The summed E-state index contributed by atoms with van der Waals surface area (Å²) in [5.41, 5.74) is 4.36. The van der Waals surface area contributed by atoms with Gasteiger partial charge in [-0.3, -0.25) is 4.79 Å². The SMILES string of the molecule is CCc1ccccc1C1C(=O)CSC1=NC(=O)NC1CC1c1ccc(-c2ncn(-c3ccc(OC(F)(F)F)cc3)n2)cc1. The molecule has 2 fully saturated rings. The van der Waals surface area contributed by atoms with E-state index in [0.29, 0.717) is 22.3 Å². The molecule has 4 aromatic rings. The van der Waals surface area contributed by atoms with Crippen molar-refractivity contribution in [2.45, 2.75) is 44.0 Å². The van der Waals surface area contributed by atoms with Crippen LogP contribution in [0.4, 0.5) is 18.0 Å². The fourth-order valence-corrected chi connectivity index (χ4v) is 6.23. The van der Waals surface area contributed by atoms with E-state index in [1.807, 2.05) is 55.5 Å². The molecule has 0 radical (unpaired) electrons. The number of aliphatic imine (C=N–C) groups is 1. The molecule has 3 atom stereocenters. The molecule has 2 amide bonds. The van der Waals surface area contributed by atoms with Gasteiger partial charge in [0.25, 0.3) is 0 Å². The Bertz CT molecular complexity index is 1690. The van der Waals surface area contributed by atoms with Crippen molar-refractivity contribution < 1.29 is 27.5 Å². The van der Waals surface area contributed by atoms with E-state index in [4.69, 9.17) is 0 Å². The molecular weight excluding hydrogens is 579 g/mol. The van der Waals surface area contributed by atoms with Crippen LogP contribution in [0.15, 0.2) is 84.1 Å². The van der Waals surface area contributed by atoms with Crippen LogP contribution in [0.2, 0.25) is 0 Å². The number of aromatic nitrogens is 3. The first-order chi connectivity index (χ1) is 20.7. The average molecular weight is 606 g/mol. The van der Waals surface area contributed by atoms with E-state index < -0.39 is 18.3 Å². The fraction of sp³-hybridized carbons (Fsp3) is 0.258. The van der Waals surface area contributed by atoms with E-state index >= 15 is 0 Å². The lowest BCUT2D eigenvalue weighted by molar-refractivity contribution is -0.274. The summed E-state index contributed by atoms with van der Waals surface area (Å²) in [6.45, 7) is 2.04. The molecule has 1 saturated carbocycles. The standard InChI is InChI=1S/C31H26F3N5O3S/c1-2-18-5-3-4-6-23(18)27-26(40)16-43-29(27)37-30(41)36-25-15-24(25)19-7-9-20(10-8-19)28-35-17-39(38-28)21-11-13-22(14-12-21)42-31(32,33)34/h3-14,17,24-25,27H,2,15-16H2,1H3,(H,36,41). The van der Waals surface area contributed by atoms with Crippen molar-refractivity contribution in [3.05, 3.63) is 95.8 Å². The Balaban J connectivity index is 1.07. The van der Waals surface area contributed by atoms with Crippen LogP contribution in [-0.4, -0.2) is 49.8 Å². The van der Waals surface area contributed by atoms with Crippen LogP contribution in [0.5, 0.6) is 5.75 Å². The summed E-state index contributed by atoms with van der Waals surface area (Å²) in [4.78, 5) is 34.1. The molecular formula is C31H26F3N5O3S. The summed E-state index contributed by atoms with van der Waals surface area (Å²) < 4.78 is 42.6. The Morgan fingerprint density at radius 3 is 2.56 bits per heavy atom. The van der Waals surface area contributed by atoms with Crippen molar-refractivity contribution in [1.29, 1.82) is 0 Å². The van der Waals surface area contributed by atoms with Gasteiger partial charge in [-0.2, -0.15) is 4.99 Å². The van der Waals surface area contributed by atoms with Crippen molar-refractivity contribution >= 4 is 28.6 Å². The van der Waals surface area contributed by atoms with Crippen LogP contribution in [0.3, 0.4) is 0 Å². The maximum atomic E-state index is 12.8. The van der Waals surface area contributed by atoms with E-state index in [1.165, 1.54) is 47.0 Å². The molecule has 2 heterocycles. The summed E-state index contributed by atoms with van der Waals surface area (Å²) in [7, 11) is 0. The number of hydrogen-bond donors (Lipinski definition) is 1. The van der Waals surface area contributed by atoms with Gasteiger partial charge in [0.2, 0.25) is 0 Å². The van der Waals surface area contributed by atoms with Gasteiger partial charge in [-0.05, 0) is 53.8 Å². The monoisotopic (exact) mass is 605 g/mol. The van der Waals surface area contributed by atoms with E-state index in [1.54, 1.807) is 0 Å². The van der Waals surface area contributed by atoms with Crippen LogP contribution in [0, 0.1) is 0 Å². The summed E-state index contributed by atoms with van der Waals surface area (Å²) in [5, 5.41) is 7.96. The summed E-state index contributed by atoms with van der Waals surface area (Å²) in [5.74, 6) is 0.174. The lowest BCUT2D eigenvalue weighted by Crippen LogP contribution is -2.25. The molecule has 1 aliphatic heterocycles. The van der Waals surface area contributed by atoms with Gasteiger partial charge in [-0.1, -0.05) is 55.5 Å². The highest BCUT2D eigenvalue weighted by atomic mass is 32.2. The second-order valence-corrected chi connectivity index (χ2v) is 11.3. The number of carbonyl (C=O) groups excluding carboxylic acids is 2. The van der Waals surface area contributed by atoms with Crippen LogP contribution >= 0.6 is 11.8 Å². The number of rotatable bonds is 7. The Morgan fingerprint density at radius 1 is 1.09 bits per heavy atom. The molecule has 220 valence electrons. The largest absolute Gasteiger partial charge is 0.573 e. The van der Waals surface area contributed by atoms with Gasteiger partial charge in [0, 0.05) is 17.5 Å². The van der Waals surface area contributed by atoms with Crippen LogP contribution < -0.4 is 10.1 Å². The van der Waals surface area contributed by atoms with Crippen LogP contribution in [0.25, 0.3) is 17.1 Å². The molecule has 0 spiro atoms. The van der Waals surface area contributed by atoms with E-state index in [0.717, 1.165) is 35.1 Å². The molecule has 12 heteroatoms. The predicted octanol–water partition coefficient (Wildman–Crippen LogP) is 6.46. The summed E-state index contributed by atoms with van der Waals surface area (Å²) in [6.07, 6.45) is -1.69. The van der Waals surface area contributed by atoms with Crippen LogP contribution in [0.1, 0.15) is 41.9 Å².